The number of hydrogen-bond donors (Lipinski definition) is 0. The molecule has 0 N–H and O–H groups in total. The van der Waals surface area contributed by atoms with Crippen LogP contribution >= 0.6 is 0 Å². The number of amides is 1. The van der Waals surface area contributed by atoms with Crippen molar-refractivity contribution >= 4 is 21.7 Å². The molecule has 0 bridgehead atoms. The first-order valence-electron chi connectivity index (χ1n) is 7.56. The minimum absolute atomic E-state index is 0.0444. The lowest BCUT2D eigenvalue weighted by atomic mass is 10.0. The van der Waals surface area contributed by atoms with Crippen LogP contribution in [0, 0.1) is 0 Å². The molecule has 0 aliphatic carbocycles. The zero-order valence-corrected chi connectivity index (χ0v) is 14.1. The molecule has 23 heavy (non-hydrogen) atoms. The standard InChI is InChI=1S/C16H21NO5S/c1-12-6-3-4-9-17(12)15(18)11-22-16(19)13-7-5-8-14(10-13)23(2,20)21/h5,7-8,10,12H,3-4,6,9,11H2,1-2H3. The van der Waals surface area contributed by atoms with Crippen LogP contribution in [0.3, 0.4) is 0 Å². The summed E-state index contributed by atoms with van der Waals surface area (Å²) in [4.78, 5) is 25.9. The molecule has 6 nitrogen and oxygen atoms in total. The highest BCUT2D eigenvalue weighted by Crippen LogP contribution is 2.17. The fraction of sp³-hybridized carbons (Fsp3) is 0.500. The van der Waals surface area contributed by atoms with Crippen LogP contribution in [0.15, 0.2) is 29.2 Å². The summed E-state index contributed by atoms with van der Waals surface area (Å²) in [6.07, 6.45) is 4.08. The van der Waals surface area contributed by atoms with Gasteiger partial charge in [-0.25, -0.2) is 13.2 Å². The molecule has 1 unspecified atom stereocenters. The summed E-state index contributed by atoms with van der Waals surface area (Å²) in [5.74, 6) is -0.918. The number of benzene rings is 1. The van der Waals surface area contributed by atoms with Crippen molar-refractivity contribution in [2.45, 2.75) is 37.1 Å². The Bertz CT molecular complexity index is 698. The van der Waals surface area contributed by atoms with Gasteiger partial charge in [-0.1, -0.05) is 6.07 Å². The Balaban J connectivity index is 1.98. The average molecular weight is 339 g/mol. The molecule has 0 spiro atoms. The SMILES string of the molecule is CC1CCCCN1C(=O)COC(=O)c1cccc(S(C)(=O)=O)c1. The largest absolute Gasteiger partial charge is 0.452 e. The monoisotopic (exact) mass is 339 g/mol. The summed E-state index contributed by atoms with van der Waals surface area (Å²) >= 11 is 0. The maximum atomic E-state index is 12.1. The van der Waals surface area contributed by atoms with Gasteiger partial charge in [0.15, 0.2) is 16.4 Å². The van der Waals surface area contributed by atoms with E-state index >= 15 is 0 Å². The van der Waals surface area contributed by atoms with Gasteiger partial charge in [0.1, 0.15) is 0 Å². The highest BCUT2D eigenvalue weighted by Gasteiger charge is 2.24. The fourth-order valence-corrected chi connectivity index (χ4v) is 3.28. The lowest BCUT2D eigenvalue weighted by molar-refractivity contribution is -0.137. The number of ether oxygens (including phenoxy) is 1. The summed E-state index contributed by atoms with van der Waals surface area (Å²) in [5, 5.41) is 0. The maximum Gasteiger partial charge on any atom is 0.338 e. The zero-order valence-electron chi connectivity index (χ0n) is 13.3. The van der Waals surface area contributed by atoms with Gasteiger partial charge in [-0.15, -0.1) is 0 Å². The van der Waals surface area contributed by atoms with E-state index in [-0.39, 0.29) is 29.0 Å². The van der Waals surface area contributed by atoms with E-state index in [9.17, 15) is 18.0 Å². The van der Waals surface area contributed by atoms with Gasteiger partial charge in [0, 0.05) is 18.8 Å². The molecular weight excluding hydrogens is 318 g/mol. The molecule has 126 valence electrons. The molecule has 1 heterocycles. The van der Waals surface area contributed by atoms with Crippen LogP contribution in [0.5, 0.6) is 0 Å². The Kier molecular flexibility index (Phi) is 5.41. The van der Waals surface area contributed by atoms with Gasteiger partial charge in [-0.05, 0) is 44.4 Å². The van der Waals surface area contributed by atoms with Crippen LogP contribution in [0.25, 0.3) is 0 Å². The number of carbonyl (C=O) groups is 2. The van der Waals surface area contributed by atoms with E-state index in [2.05, 4.69) is 0 Å². The maximum absolute atomic E-state index is 12.1. The highest BCUT2D eigenvalue weighted by atomic mass is 32.2. The molecule has 2 rings (SSSR count). The number of carbonyl (C=O) groups excluding carboxylic acids is 2. The third-order valence-electron chi connectivity index (χ3n) is 3.95. The van der Waals surface area contributed by atoms with E-state index in [1.165, 1.54) is 24.3 Å². The van der Waals surface area contributed by atoms with Crippen molar-refractivity contribution in [2.24, 2.45) is 0 Å². The van der Waals surface area contributed by atoms with E-state index in [1.807, 2.05) is 6.92 Å². The fourth-order valence-electron chi connectivity index (χ4n) is 2.62. The summed E-state index contributed by atoms with van der Waals surface area (Å²) in [6.45, 7) is 2.34. The van der Waals surface area contributed by atoms with Crippen LogP contribution in [0.2, 0.25) is 0 Å². The second kappa shape index (κ2) is 7.12. The van der Waals surface area contributed by atoms with E-state index in [0.29, 0.717) is 6.54 Å². The van der Waals surface area contributed by atoms with Crippen LogP contribution < -0.4 is 0 Å². The molecule has 1 atom stereocenters. The molecule has 0 aromatic heterocycles. The summed E-state index contributed by atoms with van der Waals surface area (Å²) in [7, 11) is -3.40. The molecule has 0 saturated carbocycles. The van der Waals surface area contributed by atoms with Crippen LogP contribution in [0.1, 0.15) is 36.5 Å². The number of rotatable bonds is 4. The van der Waals surface area contributed by atoms with Gasteiger partial charge in [0.2, 0.25) is 0 Å². The number of hydrogen-bond acceptors (Lipinski definition) is 5. The van der Waals surface area contributed by atoms with Gasteiger partial charge in [0.05, 0.1) is 10.5 Å². The average Bonchev–Trinajstić information content (AvgIpc) is 2.52. The van der Waals surface area contributed by atoms with E-state index in [1.54, 1.807) is 4.90 Å². The van der Waals surface area contributed by atoms with Gasteiger partial charge < -0.3 is 9.64 Å². The molecule has 1 fully saturated rings. The lowest BCUT2D eigenvalue weighted by Gasteiger charge is -2.33. The van der Waals surface area contributed by atoms with Gasteiger partial charge in [-0.2, -0.15) is 0 Å². The number of nitrogens with zero attached hydrogens (tertiary/aromatic N) is 1. The van der Waals surface area contributed by atoms with Crippen LogP contribution in [-0.4, -0.2) is 50.6 Å². The first-order valence-corrected chi connectivity index (χ1v) is 9.45. The summed E-state index contributed by atoms with van der Waals surface area (Å²) in [6, 6.07) is 5.76. The van der Waals surface area contributed by atoms with Crippen LogP contribution in [-0.2, 0) is 19.4 Å². The quantitative estimate of drug-likeness (QED) is 0.779. The normalized spacial score (nSPS) is 18.5. The molecule has 1 aliphatic rings. The van der Waals surface area contributed by atoms with Gasteiger partial charge in [0.25, 0.3) is 5.91 Å². The van der Waals surface area contributed by atoms with Crippen molar-refractivity contribution in [3.63, 3.8) is 0 Å². The predicted octanol–water partition coefficient (Wildman–Crippen LogP) is 1.65. The number of likely N-dealkylation sites (tertiary alicyclic amines) is 1. The van der Waals surface area contributed by atoms with E-state index < -0.39 is 15.8 Å². The van der Waals surface area contributed by atoms with Crippen molar-refractivity contribution in [1.82, 2.24) is 4.90 Å². The summed E-state index contributed by atoms with van der Waals surface area (Å²) < 4.78 is 28.0. The van der Waals surface area contributed by atoms with E-state index in [0.717, 1.165) is 25.5 Å². The highest BCUT2D eigenvalue weighted by molar-refractivity contribution is 7.90. The first kappa shape index (κ1) is 17.5. The molecule has 1 aromatic rings. The lowest BCUT2D eigenvalue weighted by Crippen LogP contribution is -2.44. The van der Waals surface area contributed by atoms with Crippen molar-refractivity contribution in [1.29, 1.82) is 0 Å². The number of esters is 1. The molecule has 1 saturated heterocycles. The minimum atomic E-state index is -3.40. The van der Waals surface area contributed by atoms with Crippen molar-refractivity contribution in [3.8, 4) is 0 Å². The van der Waals surface area contributed by atoms with Crippen molar-refractivity contribution < 1.29 is 22.7 Å². The van der Waals surface area contributed by atoms with Crippen molar-refractivity contribution in [2.75, 3.05) is 19.4 Å². The molecule has 0 radical (unpaired) electrons. The second-order valence-electron chi connectivity index (χ2n) is 5.81. The van der Waals surface area contributed by atoms with E-state index in [4.69, 9.17) is 4.74 Å². The Labute approximate surface area is 136 Å². The Morgan fingerprint density at radius 1 is 1.30 bits per heavy atom. The van der Waals surface area contributed by atoms with Crippen molar-refractivity contribution in [3.05, 3.63) is 29.8 Å². The third kappa shape index (κ3) is 4.54. The molecule has 1 amide bonds. The Hall–Kier alpha value is -1.89. The number of sulfone groups is 1. The van der Waals surface area contributed by atoms with Crippen LogP contribution in [0.4, 0.5) is 0 Å². The molecular formula is C16H21NO5S. The predicted molar refractivity (Wildman–Crippen MR) is 84.9 cm³/mol. The van der Waals surface area contributed by atoms with Gasteiger partial charge >= 0.3 is 5.97 Å². The third-order valence-corrected chi connectivity index (χ3v) is 5.06. The topological polar surface area (TPSA) is 80.8 Å². The smallest absolute Gasteiger partial charge is 0.338 e. The minimum Gasteiger partial charge on any atom is -0.452 e. The molecule has 7 heteroatoms. The summed E-state index contributed by atoms with van der Waals surface area (Å²) in [5.41, 5.74) is 0.118. The molecule has 1 aromatic carbocycles. The molecule has 1 aliphatic heterocycles. The first-order chi connectivity index (χ1) is 10.8. The Morgan fingerprint density at radius 2 is 2.04 bits per heavy atom. The second-order valence-corrected chi connectivity index (χ2v) is 7.82. The Morgan fingerprint density at radius 3 is 2.70 bits per heavy atom. The van der Waals surface area contributed by atoms with Gasteiger partial charge in [-0.3, -0.25) is 4.79 Å². The zero-order chi connectivity index (χ0) is 17.0. The number of piperidine rings is 1.